The Kier molecular flexibility index (Phi) is 8.68. The highest BCUT2D eigenvalue weighted by Crippen LogP contribution is 2.38. The molecule has 0 saturated carbocycles. The number of carboxylic acids is 1. The number of carbonyl (C=O) groups is 2. The second-order valence-corrected chi connectivity index (χ2v) is 10.8. The molecule has 1 N–H and O–H groups in total. The normalized spacial score (nSPS) is 15.5. The van der Waals surface area contributed by atoms with Crippen LogP contribution in [0, 0.1) is 3.57 Å². The van der Waals surface area contributed by atoms with Crippen molar-refractivity contribution < 1.29 is 24.2 Å². The first-order valence-corrected chi connectivity index (χ1v) is 13.4. The molecule has 1 amide bonds. The van der Waals surface area contributed by atoms with E-state index in [0.29, 0.717) is 37.3 Å². The summed E-state index contributed by atoms with van der Waals surface area (Å²) in [6.07, 6.45) is 1.77. The van der Waals surface area contributed by atoms with Gasteiger partial charge in [0.15, 0.2) is 16.7 Å². The van der Waals surface area contributed by atoms with E-state index in [-0.39, 0.29) is 18.1 Å². The zero-order valence-electron chi connectivity index (χ0n) is 19.5. The van der Waals surface area contributed by atoms with E-state index in [1.807, 2.05) is 12.1 Å². The number of carboxylic acid groups (broad SMARTS) is 1. The van der Waals surface area contributed by atoms with Gasteiger partial charge in [-0.3, -0.25) is 9.69 Å². The maximum atomic E-state index is 12.9. The number of rotatable bonds is 7. The molecule has 0 bridgehead atoms. The van der Waals surface area contributed by atoms with Crippen molar-refractivity contribution in [3.8, 4) is 11.5 Å². The maximum Gasteiger partial charge on any atom is 0.335 e. The molecule has 11 heteroatoms. The van der Waals surface area contributed by atoms with Crippen molar-refractivity contribution in [1.82, 2.24) is 4.90 Å². The number of ether oxygens (including phenoxy) is 2. The summed E-state index contributed by atoms with van der Waals surface area (Å²) in [6.45, 7) is 0.274. The molecular formula is C26H19Cl2IN2O5S. The number of aliphatic imine (C=N–C) groups is 1. The summed E-state index contributed by atoms with van der Waals surface area (Å²) >= 11 is 15.5. The fraction of sp³-hybridized carbons (Fsp3) is 0.115. The molecule has 0 aliphatic carbocycles. The van der Waals surface area contributed by atoms with Crippen LogP contribution in [0.5, 0.6) is 11.5 Å². The minimum Gasteiger partial charge on any atom is -0.493 e. The van der Waals surface area contributed by atoms with Crippen LogP contribution in [0.4, 0.5) is 5.69 Å². The summed E-state index contributed by atoms with van der Waals surface area (Å²) in [5.41, 5.74) is 2.34. The van der Waals surface area contributed by atoms with Gasteiger partial charge in [-0.05, 0) is 100 Å². The molecule has 7 nitrogen and oxygen atoms in total. The Balaban J connectivity index is 1.55. The van der Waals surface area contributed by atoms with E-state index in [0.717, 1.165) is 14.7 Å². The standard InChI is InChI=1S/C26H19Cl2IN2O5S/c1-31-24(32)22(37-26(31)30-17-6-4-16(5-7-17)25(33)34)12-15-10-20(29)23(21(11-15)35-2)36-13-14-3-8-18(27)19(28)9-14/h3-12H,13H2,1-2H3,(H,33,34)/b22-12-,30-26?. The number of hydrogen-bond acceptors (Lipinski definition) is 6. The van der Waals surface area contributed by atoms with E-state index in [2.05, 4.69) is 27.6 Å². The third kappa shape index (κ3) is 6.40. The quantitative estimate of drug-likeness (QED) is 0.213. The first-order chi connectivity index (χ1) is 17.7. The number of benzene rings is 3. The molecule has 1 aliphatic heterocycles. The van der Waals surface area contributed by atoms with Crippen LogP contribution < -0.4 is 9.47 Å². The zero-order valence-corrected chi connectivity index (χ0v) is 24.0. The molecular weight excluding hydrogens is 650 g/mol. The van der Waals surface area contributed by atoms with Gasteiger partial charge >= 0.3 is 5.97 Å². The average molecular weight is 669 g/mol. The summed E-state index contributed by atoms with van der Waals surface area (Å²) < 4.78 is 12.4. The number of nitrogens with zero attached hydrogens (tertiary/aromatic N) is 2. The number of amides is 1. The summed E-state index contributed by atoms with van der Waals surface area (Å²) in [6, 6.07) is 15.1. The number of carbonyl (C=O) groups excluding carboxylic acids is 1. The average Bonchev–Trinajstić information content (AvgIpc) is 3.13. The molecule has 0 aromatic heterocycles. The van der Waals surface area contributed by atoms with E-state index >= 15 is 0 Å². The van der Waals surface area contributed by atoms with Gasteiger partial charge in [-0.15, -0.1) is 0 Å². The van der Waals surface area contributed by atoms with Crippen LogP contribution >= 0.6 is 57.6 Å². The Labute approximate surface area is 241 Å². The molecule has 4 rings (SSSR count). The number of methoxy groups -OCH3 is 1. The first kappa shape index (κ1) is 27.3. The minimum absolute atomic E-state index is 0.168. The Morgan fingerprint density at radius 3 is 2.51 bits per heavy atom. The summed E-state index contributed by atoms with van der Waals surface area (Å²) in [7, 11) is 3.20. The van der Waals surface area contributed by atoms with Crippen LogP contribution in [0.15, 0.2) is 64.5 Å². The molecule has 1 fully saturated rings. The SMILES string of the molecule is COc1cc(/C=C2\SC(=Nc3ccc(C(=O)O)cc3)N(C)C2=O)cc(I)c1OCc1ccc(Cl)c(Cl)c1. The molecule has 1 aliphatic rings. The van der Waals surface area contributed by atoms with Gasteiger partial charge in [0.25, 0.3) is 5.91 Å². The topological polar surface area (TPSA) is 88.4 Å². The largest absolute Gasteiger partial charge is 0.493 e. The van der Waals surface area contributed by atoms with Crippen LogP contribution in [-0.2, 0) is 11.4 Å². The summed E-state index contributed by atoms with van der Waals surface area (Å²) in [4.78, 5) is 30.4. The molecule has 0 unspecified atom stereocenters. The second-order valence-electron chi connectivity index (χ2n) is 7.79. The molecule has 1 heterocycles. The molecule has 190 valence electrons. The number of amidine groups is 1. The van der Waals surface area contributed by atoms with Crippen molar-refractivity contribution in [2.75, 3.05) is 14.2 Å². The molecule has 1 saturated heterocycles. The van der Waals surface area contributed by atoms with Gasteiger partial charge in [0.2, 0.25) is 0 Å². The lowest BCUT2D eigenvalue weighted by molar-refractivity contribution is -0.121. The van der Waals surface area contributed by atoms with Gasteiger partial charge in [-0.25, -0.2) is 9.79 Å². The Morgan fingerprint density at radius 2 is 1.86 bits per heavy atom. The summed E-state index contributed by atoms with van der Waals surface area (Å²) in [5, 5.41) is 10.5. The molecule has 3 aromatic rings. The number of likely N-dealkylation sites (N-methyl/N-ethyl adjacent to an activating group) is 1. The van der Waals surface area contributed by atoms with E-state index < -0.39 is 5.97 Å². The predicted molar refractivity (Wildman–Crippen MR) is 155 cm³/mol. The van der Waals surface area contributed by atoms with E-state index in [1.54, 1.807) is 50.6 Å². The smallest absolute Gasteiger partial charge is 0.335 e. The fourth-order valence-electron chi connectivity index (χ4n) is 3.34. The van der Waals surface area contributed by atoms with Gasteiger partial charge in [0.1, 0.15) is 6.61 Å². The van der Waals surface area contributed by atoms with Crippen LogP contribution in [0.3, 0.4) is 0 Å². The van der Waals surface area contributed by atoms with E-state index in [4.69, 9.17) is 37.8 Å². The molecule has 3 aromatic carbocycles. The number of thioether (sulfide) groups is 1. The first-order valence-electron chi connectivity index (χ1n) is 10.7. The van der Waals surface area contributed by atoms with Gasteiger partial charge in [0.05, 0.1) is 36.9 Å². The minimum atomic E-state index is -1.01. The Hall–Kier alpha value is -2.73. The van der Waals surface area contributed by atoms with Crippen molar-refractivity contribution in [2.45, 2.75) is 6.61 Å². The van der Waals surface area contributed by atoms with Crippen molar-refractivity contribution in [1.29, 1.82) is 0 Å². The lowest BCUT2D eigenvalue weighted by atomic mass is 10.1. The Bertz CT molecular complexity index is 1440. The van der Waals surface area contributed by atoms with Crippen LogP contribution in [0.2, 0.25) is 10.0 Å². The fourth-order valence-corrected chi connectivity index (χ4v) is 5.43. The van der Waals surface area contributed by atoms with Crippen molar-refractivity contribution in [2.24, 2.45) is 4.99 Å². The van der Waals surface area contributed by atoms with Crippen LogP contribution in [0.25, 0.3) is 6.08 Å². The molecule has 37 heavy (non-hydrogen) atoms. The van der Waals surface area contributed by atoms with Crippen LogP contribution in [-0.4, -0.2) is 41.2 Å². The van der Waals surface area contributed by atoms with E-state index in [1.165, 1.54) is 28.8 Å². The van der Waals surface area contributed by atoms with Gasteiger partial charge in [-0.2, -0.15) is 0 Å². The molecule has 0 atom stereocenters. The van der Waals surface area contributed by atoms with Crippen molar-refractivity contribution in [3.63, 3.8) is 0 Å². The second kappa shape index (κ2) is 11.8. The third-order valence-electron chi connectivity index (χ3n) is 5.26. The number of hydrogen-bond donors (Lipinski definition) is 1. The highest BCUT2D eigenvalue weighted by molar-refractivity contribution is 14.1. The van der Waals surface area contributed by atoms with Gasteiger partial charge < -0.3 is 14.6 Å². The Morgan fingerprint density at radius 1 is 1.14 bits per heavy atom. The van der Waals surface area contributed by atoms with E-state index in [9.17, 15) is 9.59 Å². The third-order valence-corrected chi connectivity index (χ3v) is 7.86. The lowest BCUT2D eigenvalue weighted by Gasteiger charge is -2.14. The zero-order chi connectivity index (χ0) is 26.7. The van der Waals surface area contributed by atoms with Crippen LogP contribution in [0.1, 0.15) is 21.5 Å². The van der Waals surface area contributed by atoms with Gasteiger partial charge in [-0.1, -0.05) is 29.3 Å². The van der Waals surface area contributed by atoms with Crippen molar-refractivity contribution in [3.05, 3.63) is 89.8 Å². The monoisotopic (exact) mass is 668 g/mol. The predicted octanol–water partition coefficient (Wildman–Crippen LogP) is 7.12. The maximum absolute atomic E-state index is 12.9. The summed E-state index contributed by atoms with van der Waals surface area (Å²) in [5.74, 6) is -0.108. The van der Waals surface area contributed by atoms with Gasteiger partial charge in [0, 0.05) is 7.05 Å². The number of aromatic carboxylic acids is 1. The number of halogens is 3. The highest BCUT2D eigenvalue weighted by atomic mass is 127. The van der Waals surface area contributed by atoms with Crippen molar-refractivity contribution >= 4 is 86.4 Å². The molecule has 0 radical (unpaired) electrons. The lowest BCUT2D eigenvalue weighted by Crippen LogP contribution is -2.23. The molecule has 0 spiro atoms. The highest BCUT2D eigenvalue weighted by Gasteiger charge is 2.30.